The maximum absolute atomic E-state index is 12.6. The zero-order valence-corrected chi connectivity index (χ0v) is 12.8. The molecule has 2 aliphatic rings. The van der Waals surface area contributed by atoms with Gasteiger partial charge < -0.3 is 19.6 Å². The molecule has 2 aliphatic heterocycles. The van der Waals surface area contributed by atoms with Gasteiger partial charge in [0.05, 0.1) is 0 Å². The smallest absolute Gasteiger partial charge is 0.336 e. The van der Waals surface area contributed by atoms with Crippen LogP contribution in [0.3, 0.4) is 0 Å². The summed E-state index contributed by atoms with van der Waals surface area (Å²) in [6.45, 7) is 2.55. The average molecular weight is 298 g/mol. The summed E-state index contributed by atoms with van der Waals surface area (Å²) in [6, 6.07) is 0.0620. The second-order valence-electron chi connectivity index (χ2n) is 6.03. The number of carboxylic acids is 1. The minimum Gasteiger partial charge on any atom is -0.479 e. The van der Waals surface area contributed by atoms with Crippen molar-refractivity contribution in [2.24, 2.45) is 0 Å². The summed E-state index contributed by atoms with van der Waals surface area (Å²) in [5.74, 6) is -0.927. The van der Waals surface area contributed by atoms with Gasteiger partial charge in [0.2, 0.25) is 0 Å². The zero-order valence-electron chi connectivity index (χ0n) is 12.8. The van der Waals surface area contributed by atoms with Gasteiger partial charge in [-0.25, -0.2) is 9.59 Å². The van der Waals surface area contributed by atoms with Gasteiger partial charge >= 0.3 is 12.0 Å². The lowest BCUT2D eigenvalue weighted by atomic mass is 9.91. The Kier molecular flexibility index (Phi) is 5.45. The molecule has 0 unspecified atom stereocenters. The van der Waals surface area contributed by atoms with E-state index in [1.807, 2.05) is 4.90 Å². The van der Waals surface area contributed by atoms with Crippen molar-refractivity contribution in [2.45, 2.75) is 50.5 Å². The molecule has 120 valence electrons. The standard InChI is InChI=1S/C15H26N2O4/c1-21-15(13(18)19)7-11-17(12-8-15)14(20)16-9-5-3-2-4-6-10-16/h2-12H2,1H3,(H,18,19). The number of urea groups is 1. The molecule has 0 saturated carbocycles. The van der Waals surface area contributed by atoms with Crippen LogP contribution in [0, 0.1) is 0 Å². The third kappa shape index (κ3) is 3.67. The van der Waals surface area contributed by atoms with Crippen molar-refractivity contribution in [2.75, 3.05) is 33.3 Å². The summed E-state index contributed by atoms with van der Waals surface area (Å²) in [5, 5.41) is 9.29. The van der Waals surface area contributed by atoms with E-state index in [0.29, 0.717) is 25.9 Å². The Balaban J connectivity index is 1.91. The minimum absolute atomic E-state index is 0.0620. The maximum Gasteiger partial charge on any atom is 0.336 e. The lowest BCUT2D eigenvalue weighted by Gasteiger charge is -2.40. The number of hydrogen-bond donors (Lipinski definition) is 1. The SMILES string of the molecule is COC1(C(=O)O)CCN(C(=O)N2CCCCCCC2)CC1. The Morgan fingerprint density at radius 1 is 0.905 bits per heavy atom. The predicted octanol–water partition coefficient (Wildman–Crippen LogP) is 1.94. The quantitative estimate of drug-likeness (QED) is 0.846. The number of carbonyl (C=O) groups is 2. The Morgan fingerprint density at radius 2 is 1.38 bits per heavy atom. The van der Waals surface area contributed by atoms with Crippen molar-refractivity contribution in [3.05, 3.63) is 0 Å². The first kappa shape index (κ1) is 16.1. The zero-order chi connectivity index (χ0) is 15.3. The van der Waals surface area contributed by atoms with E-state index < -0.39 is 11.6 Å². The van der Waals surface area contributed by atoms with Crippen LogP contribution in [0.5, 0.6) is 0 Å². The number of likely N-dealkylation sites (tertiary alicyclic amines) is 2. The highest BCUT2D eigenvalue weighted by molar-refractivity contribution is 5.79. The van der Waals surface area contributed by atoms with Gasteiger partial charge in [-0.1, -0.05) is 19.3 Å². The third-order valence-corrected chi connectivity index (χ3v) is 4.75. The van der Waals surface area contributed by atoms with E-state index in [1.165, 1.54) is 26.4 Å². The van der Waals surface area contributed by atoms with Crippen molar-refractivity contribution in [3.63, 3.8) is 0 Å². The molecular formula is C15H26N2O4. The lowest BCUT2D eigenvalue weighted by Crippen LogP contribution is -2.54. The molecule has 0 aromatic carbocycles. The number of rotatable bonds is 2. The lowest BCUT2D eigenvalue weighted by molar-refractivity contribution is -0.167. The predicted molar refractivity (Wildman–Crippen MR) is 78.2 cm³/mol. The molecule has 2 saturated heterocycles. The van der Waals surface area contributed by atoms with Crippen molar-refractivity contribution in [1.82, 2.24) is 9.80 Å². The molecule has 6 heteroatoms. The molecule has 2 rings (SSSR count). The maximum atomic E-state index is 12.6. The number of piperidine rings is 1. The van der Waals surface area contributed by atoms with E-state index >= 15 is 0 Å². The first-order chi connectivity index (χ1) is 10.1. The molecule has 2 heterocycles. The summed E-state index contributed by atoms with van der Waals surface area (Å²) >= 11 is 0. The molecule has 6 nitrogen and oxygen atoms in total. The highest BCUT2D eigenvalue weighted by Gasteiger charge is 2.43. The van der Waals surface area contributed by atoms with Gasteiger partial charge in [-0.05, 0) is 12.8 Å². The average Bonchev–Trinajstić information content (AvgIpc) is 2.46. The van der Waals surface area contributed by atoms with Gasteiger partial charge in [-0.2, -0.15) is 0 Å². The summed E-state index contributed by atoms with van der Waals surface area (Å²) in [5.41, 5.74) is -1.12. The number of carboxylic acid groups (broad SMARTS) is 1. The van der Waals surface area contributed by atoms with E-state index in [0.717, 1.165) is 25.9 Å². The summed E-state index contributed by atoms with van der Waals surface area (Å²) < 4.78 is 5.20. The largest absolute Gasteiger partial charge is 0.479 e. The van der Waals surface area contributed by atoms with Crippen LogP contribution in [0.4, 0.5) is 4.79 Å². The number of ether oxygens (including phenoxy) is 1. The fourth-order valence-electron chi connectivity index (χ4n) is 3.20. The normalized spacial score (nSPS) is 23.3. The van der Waals surface area contributed by atoms with Crippen LogP contribution in [0.2, 0.25) is 0 Å². The van der Waals surface area contributed by atoms with Crippen molar-refractivity contribution >= 4 is 12.0 Å². The van der Waals surface area contributed by atoms with Crippen LogP contribution in [0.15, 0.2) is 0 Å². The van der Waals surface area contributed by atoms with Gasteiger partial charge in [-0.15, -0.1) is 0 Å². The van der Waals surface area contributed by atoms with E-state index in [2.05, 4.69) is 0 Å². The number of methoxy groups -OCH3 is 1. The van der Waals surface area contributed by atoms with E-state index in [1.54, 1.807) is 4.90 Å². The van der Waals surface area contributed by atoms with Gasteiger partial charge in [0.1, 0.15) is 0 Å². The van der Waals surface area contributed by atoms with Crippen LogP contribution >= 0.6 is 0 Å². The highest BCUT2D eigenvalue weighted by atomic mass is 16.5. The fraction of sp³-hybridized carbons (Fsp3) is 0.867. The number of nitrogens with zero attached hydrogens (tertiary/aromatic N) is 2. The first-order valence-electron chi connectivity index (χ1n) is 7.91. The molecule has 21 heavy (non-hydrogen) atoms. The van der Waals surface area contributed by atoms with Crippen LogP contribution in [0.25, 0.3) is 0 Å². The number of amides is 2. The molecule has 2 fully saturated rings. The first-order valence-corrected chi connectivity index (χ1v) is 7.91. The van der Waals surface area contributed by atoms with Gasteiger partial charge in [-0.3, -0.25) is 0 Å². The number of hydrogen-bond acceptors (Lipinski definition) is 3. The Bertz CT molecular complexity index is 370. The Hall–Kier alpha value is -1.30. The summed E-state index contributed by atoms with van der Waals surface area (Å²) in [4.78, 5) is 27.6. The Morgan fingerprint density at radius 3 is 1.86 bits per heavy atom. The summed E-state index contributed by atoms with van der Waals surface area (Å²) in [7, 11) is 1.43. The highest BCUT2D eigenvalue weighted by Crippen LogP contribution is 2.27. The topological polar surface area (TPSA) is 70.1 Å². The second-order valence-corrected chi connectivity index (χ2v) is 6.03. The molecule has 0 atom stereocenters. The third-order valence-electron chi connectivity index (χ3n) is 4.75. The van der Waals surface area contributed by atoms with Gasteiger partial charge in [0.15, 0.2) is 5.60 Å². The monoisotopic (exact) mass is 298 g/mol. The molecule has 1 N–H and O–H groups in total. The van der Waals surface area contributed by atoms with E-state index in [9.17, 15) is 14.7 Å². The number of aliphatic carboxylic acids is 1. The Labute approximate surface area is 126 Å². The van der Waals surface area contributed by atoms with Crippen LogP contribution < -0.4 is 0 Å². The molecule has 0 radical (unpaired) electrons. The molecule has 0 bridgehead atoms. The molecule has 0 aliphatic carbocycles. The molecule has 0 aromatic heterocycles. The van der Waals surface area contributed by atoms with Gasteiger partial charge in [0.25, 0.3) is 0 Å². The van der Waals surface area contributed by atoms with Crippen LogP contribution in [-0.2, 0) is 9.53 Å². The summed E-state index contributed by atoms with van der Waals surface area (Å²) in [6.07, 6.45) is 6.50. The molecular weight excluding hydrogens is 272 g/mol. The van der Waals surface area contributed by atoms with E-state index in [4.69, 9.17) is 4.74 Å². The molecule has 2 amide bonds. The number of carbonyl (C=O) groups excluding carboxylic acids is 1. The second kappa shape index (κ2) is 7.11. The molecule has 0 aromatic rings. The van der Waals surface area contributed by atoms with Crippen LogP contribution in [0.1, 0.15) is 44.9 Å². The fourth-order valence-corrected chi connectivity index (χ4v) is 3.20. The molecule has 0 spiro atoms. The van der Waals surface area contributed by atoms with Crippen molar-refractivity contribution in [3.8, 4) is 0 Å². The van der Waals surface area contributed by atoms with Crippen LogP contribution in [-0.4, -0.2) is 65.8 Å². The van der Waals surface area contributed by atoms with Gasteiger partial charge in [0, 0.05) is 46.1 Å². The van der Waals surface area contributed by atoms with Crippen molar-refractivity contribution < 1.29 is 19.4 Å². The van der Waals surface area contributed by atoms with Crippen molar-refractivity contribution in [1.29, 1.82) is 0 Å². The van der Waals surface area contributed by atoms with E-state index in [-0.39, 0.29) is 6.03 Å². The minimum atomic E-state index is -1.12.